The van der Waals surface area contributed by atoms with Crippen molar-refractivity contribution in [2.45, 2.75) is 6.10 Å². The lowest BCUT2D eigenvalue weighted by molar-refractivity contribution is -0.145. The fourth-order valence-corrected chi connectivity index (χ4v) is 1.74. The van der Waals surface area contributed by atoms with Gasteiger partial charge in [-0.15, -0.1) is 0 Å². The topological polar surface area (TPSA) is 46.5 Å². The molecule has 4 heteroatoms. The van der Waals surface area contributed by atoms with Crippen molar-refractivity contribution in [3.8, 4) is 5.75 Å². The predicted molar refractivity (Wildman–Crippen MR) is 68.9 cm³/mol. The van der Waals surface area contributed by atoms with Gasteiger partial charge in [0.15, 0.2) is 0 Å². The van der Waals surface area contributed by atoms with Gasteiger partial charge in [-0.25, -0.2) is 4.79 Å². The Morgan fingerprint density at radius 3 is 2.28 bits per heavy atom. The molecule has 0 unspecified atom stereocenters. The molecule has 1 atom stereocenters. The molecule has 2 rings (SSSR count). The van der Waals surface area contributed by atoms with Crippen LogP contribution in [-0.2, 0) is 4.79 Å². The van der Waals surface area contributed by atoms with E-state index in [1.165, 1.54) is 0 Å². The summed E-state index contributed by atoms with van der Waals surface area (Å²) >= 11 is 5.94. The number of rotatable bonds is 4. The van der Waals surface area contributed by atoms with Crippen LogP contribution in [0.2, 0.25) is 5.02 Å². The third kappa shape index (κ3) is 2.81. The van der Waals surface area contributed by atoms with Crippen LogP contribution < -0.4 is 4.74 Å². The molecule has 2 aromatic carbocycles. The van der Waals surface area contributed by atoms with E-state index in [4.69, 9.17) is 16.3 Å². The van der Waals surface area contributed by atoms with E-state index in [0.717, 1.165) is 0 Å². The largest absolute Gasteiger partial charge is 0.478 e. The lowest BCUT2D eigenvalue weighted by Gasteiger charge is -2.16. The van der Waals surface area contributed by atoms with Crippen molar-refractivity contribution in [1.82, 2.24) is 0 Å². The number of hydrogen-bond acceptors (Lipinski definition) is 2. The zero-order valence-electron chi connectivity index (χ0n) is 9.42. The first-order valence-electron chi connectivity index (χ1n) is 5.37. The molecule has 0 saturated carbocycles. The summed E-state index contributed by atoms with van der Waals surface area (Å²) in [6, 6.07) is 15.5. The second-order valence-corrected chi connectivity index (χ2v) is 4.08. The smallest absolute Gasteiger partial charge is 0.349 e. The monoisotopic (exact) mass is 262 g/mol. The minimum atomic E-state index is -1.06. The van der Waals surface area contributed by atoms with E-state index in [1.54, 1.807) is 48.5 Å². The molecule has 0 aliphatic rings. The van der Waals surface area contributed by atoms with Gasteiger partial charge in [-0.05, 0) is 12.1 Å². The van der Waals surface area contributed by atoms with Crippen molar-refractivity contribution >= 4 is 17.6 Å². The highest BCUT2D eigenvalue weighted by Gasteiger charge is 2.22. The molecule has 0 aliphatic carbocycles. The van der Waals surface area contributed by atoms with Gasteiger partial charge < -0.3 is 9.84 Å². The quantitative estimate of drug-likeness (QED) is 0.917. The van der Waals surface area contributed by atoms with Crippen molar-refractivity contribution in [2.24, 2.45) is 0 Å². The summed E-state index contributed by atoms with van der Waals surface area (Å²) in [5.74, 6) is -0.698. The zero-order valence-corrected chi connectivity index (χ0v) is 10.2. The molecule has 0 aliphatic heterocycles. The molecule has 0 amide bonds. The number of ether oxygens (including phenoxy) is 1. The molecule has 0 fully saturated rings. The SMILES string of the molecule is O=C(O)[C@H](Oc1ccccc1Cl)c1ccccc1. The van der Waals surface area contributed by atoms with Crippen LogP contribution in [0.5, 0.6) is 5.75 Å². The average Bonchev–Trinajstić information content (AvgIpc) is 2.38. The number of benzene rings is 2. The van der Waals surface area contributed by atoms with Crippen LogP contribution in [0.4, 0.5) is 0 Å². The maximum absolute atomic E-state index is 11.2. The fraction of sp³-hybridized carbons (Fsp3) is 0.0714. The van der Waals surface area contributed by atoms with Gasteiger partial charge in [0.25, 0.3) is 0 Å². The van der Waals surface area contributed by atoms with Gasteiger partial charge in [-0.1, -0.05) is 54.1 Å². The number of aliphatic carboxylic acids is 1. The summed E-state index contributed by atoms with van der Waals surface area (Å²) < 4.78 is 5.46. The Morgan fingerprint density at radius 2 is 1.67 bits per heavy atom. The number of halogens is 1. The van der Waals surface area contributed by atoms with Gasteiger partial charge in [0.2, 0.25) is 6.10 Å². The lowest BCUT2D eigenvalue weighted by Crippen LogP contribution is -2.18. The molecule has 0 spiro atoms. The molecule has 18 heavy (non-hydrogen) atoms. The van der Waals surface area contributed by atoms with E-state index >= 15 is 0 Å². The molecule has 2 aromatic rings. The van der Waals surface area contributed by atoms with E-state index in [0.29, 0.717) is 16.3 Å². The molecule has 0 aromatic heterocycles. The molecule has 0 heterocycles. The van der Waals surface area contributed by atoms with Gasteiger partial charge in [-0.2, -0.15) is 0 Å². The Kier molecular flexibility index (Phi) is 3.85. The first-order valence-corrected chi connectivity index (χ1v) is 5.75. The van der Waals surface area contributed by atoms with Crippen molar-refractivity contribution in [2.75, 3.05) is 0 Å². The summed E-state index contributed by atoms with van der Waals surface area (Å²) in [6.07, 6.45) is -1.06. The van der Waals surface area contributed by atoms with Crippen molar-refractivity contribution in [3.63, 3.8) is 0 Å². The average molecular weight is 263 g/mol. The molecule has 92 valence electrons. The Balaban J connectivity index is 2.28. The van der Waals surface area contributed by atoms with Gasteiger partial charge in [0, 0.05) is 5.56 Å². The van der Waals surface area contributed by atoms with Gasteiger partial charge in [0.1, 0.15) is 5.75 Å². The molecular formula is C14H11ClO3. The minimum absolute atomic E-state index is 0.357. The standard InChI is InChI=1S/C14H11ClO3/c15-11-8-4-5-9-12(11)18-13(14(16)17)10-6-2-1-3-7-10/h1-9,13H,(H,16,17)/t13-/m1/s1. The molecule has 0 radical (unpaired) electrons. The maximum atomic E-state index is 11.2. The number of carboxylic acids is 1. The molecule has 0 saturated heterocycles. The highest BCUT2D eigenvalue weighted by molar-refractivity contribution is 6.32. The van der Waals surface area contributed by atoms with Gasteiger partial charge in [0.05, 0.1) is 5.02 Å². The third-order valence-corrected chi connectivity index (χ3v) is 2.72. The molecule has 0 bridgehead atoms. The summed E-state index contributed by atoms with van der Waals surface area (Å²) in [7, 11) is 0. The minimum Gasteiger partial charge on any atom is -0.478 e. The third-order valence-electron chi connectivity index (χ3n) is 2.41. The first-order chi connectivity index (χ1) is 8.68. The van der Waals surface area contributed by atoms with E-state index in [9.17, 15) is 9.90 Å². The van der Waals surface area contributed by atoms with E-state index in [2.05, 4.69) is 0 Å². The van der Waals surface area contributed by atoms with Crippen LogP contribution in [0, 0.1) is 0 Å². The van der Waals surface area contributed by atoms with Crippen LogP contribution >= 0.6 is 11.6 Å². The predicted octanol–water partition coefficient (Wildman–Crippen LogP) is 3.54. The van der Waals surface area contributed by atoms with Crippen LogP contribution in [0.25, 0.3) is 0 Å². The first kappa shape index (κ1) is 12.5. The van der Waals surface area contributed by atoms with Crippen LogP contribution in [0.1, 0.15) is 11.7 Å². The molecule has 1 N–H and O–H groups in total. The Labute approximate surface area is 110 Å². The number of para-hydroxylation sites is 1. The summed E-state index contributed by atoms with van der Waals surface area (Å²) in [4.78, 5) is 11.2. The van der Waals surface area contributed by atoms with Crippen molar-refractivity contribution in [1.29, 1.82) is 0 Å². The van der Waals surface area contributed by atoms with Crippen LogP contribution in [0.15, 0.2) is 54.6 Å². The van der Waals surface area contributed by atoms with Crippen molar-refractivity contribution < 1.29 is 14.6 Å². The Morgan fingerprint density at radius 1 is 1.06 bits per heavy atom. The second-order valence-electron chi connectivity index (χ2n) is 3.68. The summed E-state index contributed by atoms with van der Waals surface area (Å²) in [6.45, 7) is 0. The van der Waals surface area contributed by atoms with Crippen LogP contribution in [0.3, 0.4) is 0 Å². The highest BCUT2D eigenvalue weighted by Crippen LogP contribution is 2.28. The lowest BCUT2D eigenvalue weighted by atomic mass is 10.1. The number of hydrogen-bond donors (Lipinski definition) is 1. The second kappa shape index (κ2) is 5.56. The summed E-state index contributed by atoms with van der Waals surface area (Å²) in [5.41, 5.74) is 0.574. The molecule has 3 nitrogen and oxygen atoms in total. The van der Waals surface area contributed by atoms with Gasteiger partial charge >= 0.3 is 5.97 Å². The number of carboxylic acid groups (broad SMARTS) is 1. The van der Waals surface area contributed by atoms with Crippen LogP contribution in [-0.4, -0.2) is 11.1 Å². The summed E-state index contributed by atoms with van der Waals surface area (Å²) in [5, 5.41) is 9.60. The van der Waals surface area contributed by atoms with E-state index in [1.807, 2.05) is 6.07 Å². The van der Waals surface area contributed by atoms with E-state index in [-0.39, 0.29) is 0 Å². The number of carbonyl (C=O) groups is 1. The fourth-order valence-electron chi connectivity index (χ4n) is 1.56. The Hall–Kier alpha value is -2.00. The van der Waals surface area contributed by atoms with Crippen molar-refractivity contribution in [3.05, 3.63) is 65.2 Å². The normalized spacial score (nSPS) is 11.8. The molecular weight excluding hydrogens is 252 g/mol. The highest BCUT2D eigenvalue weighted by atomic mass is 35.5. The van der Waals surface area contributed by atoms with Gasteiger partial charge in [-0.3, -0.25) is 0 Å². The zero-order chi connectivity index (χ0) is 13.0. The Bertz CT molecular complexity index is 540. The maximum Gasteiger partial charge on any atom is 0.349 e. The van der Waals surface area contributed by atoms with E-state index < -0.39 is 12.1 Å².